The Kier molecular flexibility index (Phi) is 3.35. The number of benzene rings is 1. The highest BCUT2D eigenvalue weighted by molar-refractivity contribution is 7.15. The first kappa shape index (κ1) is 16.0. The first-order valence-electron chi connectivity index (χ1n) is 8.43. The van der Waals surface area contributed by atoms with Gasteiger partial charge in [0.2, 0.25) is 5.76 Å². The summed E-state index contributed by atoms with van der Waals surface area (Å²) in [7, 11) is 0. The lowest BCUT2D eigenvalue weighted by Gasteiger charge is -2.20. The average Bonchev–Trinajstić information content (AvgIpc) is 3.36. The van der Waals surface area contributed by atoms with Crippen LogP contribution in [0.25, 0.3) is 11.0 Å². The maximum Gasteiger partial charge on any atom is 0.297 e. The monoisotopic (exact) mass is 378 g/mol. The van der Waals surface area contributed by atoms with Gasteiger partial charge in [-0.15, -0.1) is 11.3 Å². The third-order valence-electron chi connectivity index (χ3n) is 4.81. The summed E-state index contributed by atoms with van der Waals surface area (Å²) in [5.41, 5.74) is 1.30. The molecule has 3 aromatic heterocycles. The van der Waals surface area contributed by atoms with Crippen LogP contribution in [0.3, 0.4) is 0 Å². The van der Waals surface area contributed by atoms with Crippen LogP contribution in [0.2, 0.25) is 0 Å². The van der Waals surface area contributed by atoms with Crippen LogP contribution in [0.4, 0.5) is 5.13 Å². The minimum Gasteiger partial charge on any atom is -0.467 e. The van der Waals surface area contributed by atoms with Gasteiger partial charge in [0.1, 0.15) is 17.4 Å². The minimum absolute atomic E-state index is 0.0469. The van der Waals surface area contributed by atoms with E-state index in [2.05, 4.69) is 4.98 Å². The molecule has 0 saturated heterocycles. The van der Waals surface area contributed by atoms with Crippen molar-refractivity contribution in [3.63, 3.8) is 0 Å². The topological polar surface area (TPSA) is 76.6 Å². The van der Waals surface area contributed by atoms with Crippen molar-refractivity contribution in [3.05, 3.63) is 80.5 Å². The number of aromatic nitrogens is 1. The van der Waals surface area contributed by atoms with Gasteiger partial charge < -0.3 is 8.83 Å². The quantitative estimate of drug-likeness (QED) is 0.522. The molecule has 4 heterocycles. The molecule has 1 atom stereocenters. The van der Waals surface area contributed by atoms with E-state index in [0.29, 0.717) is 27.4 Å². The molecule has 1 aromatic carbocycles. The number of nitrogens with zero attached hydrogens (tertiary/aromatic N) is 2. The van der Waals surface area contributed by atoms with Gasteiger partial charge in [-0.3, -0.25) is 14.5 Å². The number of rotatable bonds is 2. The van der Waals surface area contributed by atoms with Crippen molar-refractivity contribution in [1.29, 1.82) is 0 Å². The first-order chi connectivity index (χ1) is 13.1. The summed E-state index contributed by atoms with van der Waals surface area (Å²) in [6.07, 6.45) is 1.52. The summed E-state index contributed by atoms with van der Waals surface area (Å²) in [5.74, 6) is 0.156. The molecule has 7 heteroatoms. The molecule has 0 fully saturated rings. The third-order valence-corrected chi connectivity index (χ3v) is 5.89. The van der Waals surface area contributed by atoms with Crippen LogP contribution >= 0.6 is 11.3 Å². The van der Waals surface area contributed by atoms with E-state index < -0.39 is 6.04 Å². The maximum atomic E-state index is 13.2. The Bertz CT molecular complexity index is 1230. The van der Waals surface area contributed by atoms with Gasteiger partial charge in [0.25, 0.3) is 5.91 Å². The zero-order valence-electron chi connectivity index (χ0n) is 14.6. The molecule has 0 saturated carbocycles. The molecule has 0 aliphatic carbocycles. The van der Waals surface area contributed by atoms with Crippen molar-refractivity contribution < 1.29 is 13.6 Å². The fraction of sp³-hybridized carbons (Fsp3) is 0.150. The van der Waals surface area contributed by atoms with E-state index in [-0.39, 0.29) is 17.1 Å². The number of para-hydroxylation sites is 1. The van der Waals surface area contributed by atoms with Gasteiger partial charge in [-0.05, 0) is 38.1 Å². The molecule has 0 unspecified atom stereocenters. The number of carbonyl (C=O) groups is 1. The largest absolute Gasteiger partial charge is 0.467 e. The normalized spacial score (nSPS) is 16.3. The number of thiazole rings is 1. The Morgan fingerprint density at radius 2 is 1.93 bits per heavy atom. The van der Waals surface area contributed by atoms with E-state index in [9.17, 15) is 9.59 Å². The second-order valence-corrected chi connectivity index (χ2v) is 7.58. The highest BCUT2D eigenvalue weighted by Crippen LogP contribution is 2.42. The molecular weight excluding hydrogens is 364 g/mol. The van der Waals surface area contributed by atoms with E-state index in [1.807, 2.05) is 13.8 Å². The van der Waals surface area contributed by atoms with Gasteiger partial charge in [-0.2, -0.15) is 0 Å². The molecule has 27 heavy (non-hydrogen) atoms. The number of hydrogen-bond acceptors (Lipinski definition) is 6. The predicted octanol–water partition coefficient (Wildman–Crippen LogP) is 4.21. The van der Waals surface area contributed by atoms with Crippen LogP contribution < -0.4 is 10.3 Å². The zero-order valence-corrected chi connectivity index (χ0v) is 15.4. The number of amides is 1. The fourth-order valence-electron chi connectivity index (χ4n) is 3.39. The molecule has 1 aliphatic heterocycles. The van der Waals surface area contributed by atoms with Crippen molar-refractivity contribution >= 4 is 33.3 Å². The Balaban J connectivity index is 1.83. The lowest BCUT2D eigenvalue weighted by atomic mass is 10.0. The van der Waals surface area contributed by atoms with Crippen LogP contribution in [0, 0.1) is 13.8 Å². The fourth-order valence-corrected chi connectivity index (χ4v) is 4.33. The van der Waals surface area contributed by atoms with Crippen LogP contribution in [-0.4, -0.2) is 10.9 Å². The molecule has 1 aliphatic rings. The number of fused-ring (bicyclic) bond motifs is 2. The molecule has 1 amide bonds. The highest BCUT2D eigenvalue weighted by Gasteiger charge is 2.46. The summed E-state index contributed by atoms with van der Waals surface area (Å²) in [6.45, 7) is 3.84. The van der Waals surface area contributed by atoms with Crippen LogP contribution in [0.15, 0.2) is 56.3 Å². The van der Waals surface area contributed by atoms with Crippen molar-refractivity contribution in [3.8, 4) is 0 Å². The van der Waals surface area contributed by atoms with Crippen LogP contribution in [-0.2, 0) is 0 Å². The Morgan fingerprint density at radius 1 is 1.11 bits per heavy atom. The van der Waals surface area contributed by atoms with E-state index in [1.54, 1.807) is 36.4 Å². The highest BCUT2D eigenvalue weighted by atomic mass is 32.1. The number of hydrogen-bond donors (Lipinski definition) is 0. The summed E-state index contributed by atoms with van der Waals surface area (Å²) in [5, 5.41) is 0.959. The van der Waals surface area contributed by atoms with Gasteiger partial charge in [0.05, 0.1) is 22.9 Å². The molecule has 0 radical (unpaired) electrons. The Hall–Kier alpha value is -3.19. The van der Waals surface area contributed by atoms with E-state index in [1.165, 1.54) is 22.5 Å². The molecule has 0 N–H and O–H groups in total. The van der Waals surface area contributed by atoms with Gasteiger partial charge in [0, 0.05) is 4.88 Å². The predicted molar refractivity (Wildman–Crippen MR) is 101 cm³/mol. The molecule has 4 aromatic rings. The van der Waals surface area contributed by atoms with E-state index in [4.69, 9.17) is 8.83 Å². The lowest BCUT2D eigenvalue weighted by Crippen LogP contribution is -2.29. The number of carbonyl (C=O) groups excluding carboxylic acids is 1. The SMILES string of the molecule is Cc1nc(N2C(=O)c3oc4ccccc4c(=O)c3[C@@H]2c2ccco2)sc1C. The summed E-state index contributed by atoms with van der Waals surface area (Å²) in [4.78, 5) is 33.5. The molecular formula is C20H14N2O4S. The average molecular weight is 378 g/mol. The van der Waals surface area contributed by atoms with Gasteiger partial charge in [0.15, 0.2) is 10.6 Å². The van der Waals surface area contributed by atoms with Crippen molar-refractivity contribution in [2.45, 2.75) is 19.9 Å². The van der Waals surface area contributed by atoms with Crippen molar-refractivity contribution in [2.24, 2.45) is 0 Å². The Morgan fingerprint density at radius 3 is 2.63 bits per heavy atom. The molecule has 134 valence electrons. The smallest absolute Gasteiger partial charge is 0.297 e. The molecule has 5 rings (SSSR count). The number of aryl methyl sites for hydroxylation is 2. The van der Waals surface area contributed by atoms with Crippen LogP contribution in [0.1, 0.15) is 38.5 Å². The second-order valence-electron chi connectivity index (χ2n) is 6.40. The standard InChI is InChI=1S/C20H14N2O4S/c1-10-11(2)27-20(21-10)22-16(14-8-5-9-25-14)15-17(23)12-6-3-4-7-13(12)26-18(15)19(22)24/h3-9,16H,1-2H3/t16-/m0/s1. The van der Waals surface area contributed by atoms with E-state index in [0.717, 1.165) is 10.6 Å². The minimum atomic E-state index is -0.701. The summed E-state index contributed by atoms with van der Waals surface area (Å²) in [6, 6.07) is 9.72. The number of furan rings is 1. The van der Waals surface area contributed by atoms with Gasteiger partial charge >= 0.3 is 0 Å². The molecule has 0 spiro atoms. The zero-order chi connectivity index (χ0) is 18.7. The van der Waals surface area contributed by atoms with E-state index >= 15 is 0 Å². The maximum absolute atomic E-state index is 13.2. The molecule has 0 bridgehead atoms. The number of anilines is 1. The van der Waals surface area contributed by atoms with Gasteiger partial charge in [-0.1, -0.05) is 12.1 Å². The first-order valence-corrected chi connectivity index (χ1v) is 9.24. The van der Waals surface area contributed by atoms with Gasteiger partial charge in [-0.25, -0.2) is 4.98 Å². The summed E-state index contributed by atoms with van der Waals surface area (Å²) >= 11 is 1.41. The van der Waals surface area contributed by atoms with Crippen molar-refractivity contribution in [2.75, 3.05) is 4.90 Å². The Labute approximate surface area is 157 Å². The third kappa shape index (κ3) is 2.21. The summed E-state index contributed by atoms with van der Waals surface area (Å²) < 4.78 is 11.4. The second kappa shape index (κ2) is 5.65. The molecule has 6 nitrogen and oxygen atoms in total. The lowest BCUT2D eigenvalue weighted by molar-refractivity contribution is 0.0969. The van der Waals surface area contributed by atoms with Crippen molar-refractivity contribution in [1.82, 2.24) is 4.98 Å². The van der Waals surface area contributed by atoms with Crippen LogP contribution in [0.5, 0.6) is 0 Å².